The second-order valence-electron chi connectivity index (χ2n) is 7.69. The highest BCUT2D eigenvalue weighted by Gasteiger charge is 2.37. The van der Waals surface area contributed by atoms with Gasteiger partial charge in [0.1, 0.15) is 16.9 Å². The number of carbonyl (C=O) groups excluding carboxylic acids is 2. The number of ketones is 1. The van der Waals surface area contributed by atoms with Crippen LogP contribution in [0.3, 0.4) is 0 Å². The number of halogens is 1. The first kappa shape index (κ1) is 19.5. The molecule has 0 bridgehead atoms. The van der Waals surface area contributed by atoms with Crippen molar-refractivity contribution in [2.24, 2.45) is 0 Å². The summed E-state index contributed by atoms with van der Waals surface area (Å²) in [5.41, 5.74) is 2.03. The van der Waals surface area contributed by atoms with Gasteiger partial charge in [0, 0.05) is 22.5 Å². The molecule has 0 saturated heterocycles. The van der Waals surface area contributed by atoms with Gasteiger partial charge >= 0.3 is 0 Å². The maximum Gasteiger partial charge on any atom is 0.287 e. The van der Waals surface area contributed by atoms with E-state index in [4.69, 9.17) is 20.8 Å². The highest BCUT2D eigenvalue weighted by molar-refractivity contribution is 6.30. The molecule has 0 fully saturated rings. The van der Waals surface area contributed by atoms with Crippen LogP contribution in [-0.2, 0) is 6.54 Å². The van der Waals surface area contributed by atoms with Gasteiger partial charge < -0.3 is 14.5 Å². The molecule has 0 saturated carbocycles. The largest absolute Gasteiger partial charge is 0.486 e. The van der Waals surface area contributed by atoms with E-state index in [1.54, 1.807) is 31.2 Å². The molecule has 6 heteroatoms. The predicted octanol–water partition coefficient (Wildman–Crippen LogP) is 5.46. The summed E-state index contributed by atoms with van der Waals surface area (Å²) in [6.07, 6.45) is 1.04. The van der Waals surface area contributed by atoms with Gasteiger partial charge in [-0.15, -0.1) is 0 Å². The van der Waals surface area contributed by atoms with E-state index in [-0.39, 0.29) is 17.5 Å². The molecule has 1 amide bonds. The molecule has 1 aliphatic heterocycles. The third-order valence-corrected chi connectivity index (χ3v) is 5.76. The molecule has 0 aliphatic carbocycles. The monoisotopic (exact) mass is 411 g/mol. The summed E-state index contributed by atoms with van der Waals surface area (Å²) in [6, 6.07) is 10.8. The second-order valence-corrected chi connectivity index (χ2v) is 8.12. The molecule has 1 atom stereocenters. The quantitative estimate of drug-likeness (QED) is 0.619. The summed E-state index contributed by atoms with van der Waals surface area (Å²) in [5, 5.41) is 4.11. The van der Waals surface area contributed by atoms with E-state index in [9.17, 15) is 9.59 Å². The smallest absolute Gasteiger partial charge is 0.287 e. The van der Waals surface area contributed by atoms with Crippen LogP contribution in [0.15, 0.2) is 40.8 Å². The molecule has 1 aromatic heterocycles. The Morgan fingerprint density at radius 3 is 2.79 bits per heavy atom. The zero-order chi connectivity index (χ0) is 20.8. The third kappa shape index (κ3) is 3.51. The van der Waals surface area contributed by atoms with E-state index in [2.05, 4.69) is 5.32 Å². The Labute approximate surface area is 174 Å². The Hall–Kier alpha value is -2.79. The van der Waals surface area contributed by atoms with Crippen molar-refractivity contribution in [2.75, 3.05) is 0 Å². The van der Waals surface area contributed by atoms with E-state index in [1.165, 1.54) is 0 Å². The fraction of sp³-hybridized carbons (Fsp3) is 0.304. The standard InChI is InChI=1S/C23H22ClNO4/c1-4-23(3)11-16(26)20-18(29-23)9-8-17-19(20)13(2)21(28-17)22(27)25-12-14-6-5-7-15(24)10-14/h5-10H,4,11-12H2,1-3H3,(H,25,27)/t23-/m0/s1. The fourth-order valence-corrected chi connectivity index (χ4v) is 3.95. The summed E-state index contributed by atoms with van der Waals surface area (Å²) in [5.74, 6) is 0.422. The van der Waals surface area contributed by atoms with E-state index >= 15 is 0 Å². The Morgan fingerprint density at radius 1 is 1.28 bits per heavy atom. The van der Waals surface area contributed by atoms with Crippen LogP contribution in [0.25, 0.3) is 11.0 Å². The minimum atomic E-state index is -0.507. The van der Waals surface area contributed by atoms with Gasteiger partial charge in [-0.3, -0.25) is 9.59 Å². The fourth-order valence-electron chi connectivity index (χ4n) is 3.74. The number of aryl methyl sites for hydroxylation is 1. The van der Waals surface area contributed by atoms with Crippen molar-refractivity contribution in [3.63, 3.8) is 0 Å². The van der Waals surface area contributed by atoms with Gasteiger partial charge in [0.2, 0.25) is 0 Å². The van der Waals surface area contributed by atoms with Crippen LogP contribution in [0.5, 0.6) is 5.75 Å². The minimum Gasteiger partial charge on any atom is -0.486 e. The second kappa shape index (κ2) is 7.23. The highest BCUT2D eigenvalue weighted by Crippen LogP contribution is 2.41. The Morgan fingerprint density at radius 2 is 2.07 bits per heavy atom. The van der Waals surface area contributed by atoms with E-state index < -0.39 is 5.60 Å². The molecule has 150 valence electrons. The lowest BCUT2D eigenvalue weighted by molar-refractivity contribution is 0.0503. The summed E-state index contributed by atoms with van der Waals surface area (Å²) < 4.78 is 11.9. The highest BCUT2D eigenvalue weighted by atomic mass is 35.5. The molecule has 0 unspecified atom stereocenters. The van der Waals surface area contributed by atoms with Crippen LogP contribution in [0, 0.1) is 6.92 Å². The zero-order valence-electron chi connectivity index (χ0n) is 16.6. The topological polar surface area (TPSA) is 68.5 Å². The summed E-state index contributed by atoms with van der Waals surface area (Å²) in [6.45, 7) is 6.06. The van der Waals surface area contributed by atoms with Crippen molar-refractivity contribution in [3.8, 4) is 5.75 Å². The van der Waals surface area contributed by atoms with Crippen molar-refractivity contribution in [1.29, 1.82) is 0 Å². The number of hydrogen-bond donors (Lipinski definition) is 1. The van der Waals surface area contributed by atoms with Gasteiger partial charge in [-0.05, 0) is 50.1 Å². The third-order valence-electron chi connectivity index (χ3n) is 5.52. The number of nitrogens with one attached hydrogen (secondary N) is 1. The van der Waals surface area contributed by atoms with Crippen LogP contribution >= 0.6 is 11.6 Å². The van der Waals surface area contributed by atoms with Crippen molar-refractivity contribution < 1.29 is 18.7 Å². The van der Waals surface area contributed by atoms with Gasteiger partial charge in [0.05, 0.1) is 12.0 Å². The Balaban J connectivity index is 1.67. The molecular formula is C23H22ClNO4. The molecular weight excluding hydrogens is 390 g/mol. The van der Waals surface area contributed by atoms with Crippen LogP contribution in [-0.4, -0.2) is 17.3 Å². The normalized spacial score (nSPS) is 18.4. The molecule has 2 aromatic carbocycles. The lowest BCUT2D eigenvalue weighted by Gasteiger charge is -2.34. The lowest BCUT2D eigenvalue weighted by Crippen LogP contribution is -2.38. The number of ether oxygens (including phenoxy) is 1. The van der Waals surface area contributed by atoms with E-state index in [1.807, 2.05) is 26.0 Å². The molecule has 4 rings (SSSR count). The van der Waals surface area contributed by atoms with Crippen molar-refractivity contribution in [2.45, 2.75) is 45.8 Å². The molecule has 29 heavy (non-hydrogen) atoms. The first-order chi connectivity index (χ1) is 13.8. The summed E-state index contributed by atoms with van der Waals surface area (Å²) >= 11 is 5.99. The van der Waals surface area contributed by atoms with Gasteiger partial charge in [0.25, 0.3) is 5.91 Å². The molecule has 0 radical (unpaired) electrons. The van der Waals surface area contributed by atoms with Gasteiger partial charge in [-0.2, -0.15) is 0 Å². The van der Waals surface area contributed by atoms with Crippen molar-refractivity contribution in [1.82, 2.24) is 5.32 Å². The van der Waals surface area contributed by atoms with Gasteiger partial charge in [0.15, 0.2) is 11.5 Å². The van der Waals surface area contributed by atoms with Gasteiger partial charge in [-0.1, -0.05) is 30.7 Å². The van der Waals surface area contributed by atoms with Crippen LogP contribution < -0.4 is 10.1 Å². The summed E-state index contributed by atoms with van der Waals surface area (Å²) in [4.78, 5) is 25.7. The van der Waals surface area contributed by atoms with E-state index in [0.717, 1.165) is 12.0 Å². The number of benzene rings is 2. The van der Waals surface area contributed by atoms with Crippen LogP contribution in [0.1, 0.15) is 58.7 Å². The number of rotatable bonds is 4. The number of fused-ring (bicyclic) bond motifs is 3. The molecule has 1 N–H and O–H groups in total. The summed E-state index contributed by atoms with van der Waals surface area (Å²) in [7, 11) is 0. The molecule has 2 heterocycles. The molecule has 0 spiro atoms. The van der Waals surface area contributed by atoms with Crippen LogP contribution in [0.4, 0.5) is 0 Å². The average molecular weight is 412 g/mol. The van der Waals surface area contributed by atoms with E-state index in [0.29, 0.717) is 45.8 Å². The van der Waals surface area contributed by atoms with Crippen molar-refractivity contribution in [3.05, 3.63) is 63.9 Å². The lowest BCUT2D eigenvalue weighted by atomic mass is 9.87. The Kier molecular flexibility index (Phi) is 4.87. The minimum absolute atomic E-state index is 0.0102. The maximum atomic E-state index is 12.9. The first-order valence-electron chi connectivity index (χ1n) is 9.62. The zero-order valence-corrected chi connectivity index (χ0v) is 17.4. The van der Waals surface area contributed by atoms with Crippen molar-refractivity contribution >= 4 is 34.3 Å². The average Bonchev–Trinajstić information content (AvgIpc) is 3.02. The first-order valence-corrected chi connectivity index (χ1v) is 10.00. The number of hydrogen-bond acceptors (Lipinski definition) is 4. The van der Waals surface area contributed by atoms with Crippen LogP contribution in [0.2, 0.25) is 5.02 Å². The Bertz CT molecular complexity index is 1130. The number of Topliss-reactive ketones (excluding diaryl/α,β-unsaturated/α-hetero) is 1. The molecule has 3 aromatic rings. The number of amides is 1. The number of carbonyl (C=O) groups is 2. The molecule has 1 aliphatic rings. The molecule has 5 nitrogen and oxygen atoms in total. The maximum absolute atomic E-state index is 12.9. The van der Waals surface area contributed by atoms with Gasteiger partial charge in [-0.25, -0.2) is 0 Å². The SMILES string of the molecule is CC[C@@]1(C)CC(=O)c2c(ccc3oc(C(=O)NCc4cccc(Cl)c4)c(C)c23)O1. The predicted molar refractivity (Wildman–Crippen MR) is 112 cm³/mol. The number of furan rings is 1.